The summed E-state index contributed by atoms with van der Waals surface area (Å²) in [6.07, 6.45) is 3.32. The molecular weight excluding hydrogens is 204 g/mol. The van der Waals surface area contributed by atoms with Gasteiger partial charge in [-0.25, -0.2) is 4.79 Å². The fraction of sp³-hybridized carbons (Fsp3) is 0.417. The molecule has 0 aliphatic rings. The highest BCUT2D eigenvalue weighted by atomic mass is 16.4. The first-order valence-electron chi connectivity index (χ1n) is 5.56. The van der Waals surface area contributed by atoms with E-state index in [1.54, 1.807) is 0 Å². The van der Waals surface area contributed by atoms with E-state index in [9.17, 15) is 4.79 Å². The van der Waals surface area contributed by atoms with Crippen molar-refractivity contribution in [3.05, 3.63) is 34.3 Å². The van der Waals surface area contributed by atoms with Crippen LogP contribution in [0.25, 0.3) is 11.1 Å². The number of benzene rings is 1. The van der Waals surface area contributed by atoms with E-state index < -0.39 is 0 Å². The van der Waals surface area contributed by atoms with E-state index >= 15 is 0 Å². The van der Waals surface area contributed by atoms with Crippen molar-refractivity contribution >= 4 is 11.1 Å². The average Bonchev–Trinajstić information content (AvgIpc) is 2.64. The zero-order valence-electron chi connectivity index (χ0n) is 9.38. The summed E-state index contributed by atoms with van der Waals surface area (Å²) in [4.78, 5) is 13.6. The van der Waals surface area contributed by atoms with Crippen molar-refractivity contribution in [2.24, 2.45) is 0 Å². The second-order valence-electron chi connectivity index (χ2n) is 3.91. The van der Waals surface area contributed by atoms with Crippen molar-refractivity contribution in [2.75, 3.05) is 13.6 Å². The molecule has 1 heterocycles. The predicted octanol–water partition coefficient (Wildman–Crippen LogP) is 1.66. The average molecular weight is 220 g/mol. The minimum absolute atomic E-state index is 0.387. The summed E-state index contributed by atoms with van der Waals surface area (Å²) in [5.41, 5.74) is 2.63. The summed E-state index contributed by atoms with van der Waals surface area (Å²) in [6, 6.07) is 5.87. The van der Waals surface area contributed by atoms with Crippen LogP contribution >= 0.6 is 0 Å². The van der Waals surface area contributed by atoms with Gasteiger partial charge in [-0.05, 0) is 50.6 Å². The summed E-state index contributed by atoms with van der Waals surface area (Å²) in [7, 11) is 1.96. The van der Waals surface area contributed by atoms with Gasteiger partial charge in [0.15, 0.2) is 5.58 Å². The maximum Gasteiger partial charge on any atom is 0.417 e. The maximum absolute atomic E-state index is 11.0. The first-order valence-corrected chi connectivity index (χ1v) is 5.56. The lowest BCUT2D eigenvalue weighted by molar-refractivity contribution is 0.555. The number of hydrogen-bond donors (Lipinski definition) is 2. The van der Waals surface area contributed by atoms with Crippen LogP contribution in [-0.4, -0.2) is 18.6 Å². The zero-order chi connectivity index (χ0) is 11.4. The Balaban J connectivity index is 2.04. The van der Waals surface area contributed by atoms with Crippen molar-refractivity contribution in [1.29, 1.82) is 0 Å². The topological polar surface area (TPSA) is 58.0 Å². The Bertz CT molecular complexity index is 513. The highest BCUT2D eigenvalue weighted by Crippen LogP contribution is 2.14. The molecule has 4 heteroatoms. The van der Waals surface area contributed by atoms with Gasteiger partial charge in [0, 0.05) is 0 Å². The molecule has 1 aromatic carbocycles. The number of hydrogen-bond acceptors (Lipinski definition) is 3. The van der Waals surface area contributed by atoms with Crippen molar-refractivity contribution in [2.45, 2.75) is 19.3 Å². The number of H-pyrrole nitrogens is 1. The van der Waals surface area contributed by atoms with Crippen LogP contribution < -0.4 is 11.1 Å². The molecular formula is C12H16N2O2. The van der Waals surface area contributed by atoms with Gasteiger partial charge in [-0.15, -0.1) is 0 Å². The van der Waals surface area contributed by atoms with Crippen molar-refractivity contribution < 1.29 is 4.42 Å². The molecule has 0 aliphatic heterocycles. The van der Waals surface area contributed by atoms with Crippen LogP contribution in [0, 0.1) is 0 Å². The Labute approximate surface area is 93.7 Å². The quantitative estimate of drug-likeness (QED) is 0.753. The summed E-state index contributed by atoms with van der Waals surface area (Å²) >= 11 is 0. The van der Waals surface area contributed by atoms with E-state index in [-0.39, 0.29) is 5.76 Å². The van der Waals surface area contributed by atoms with Crippen LogP contribution in [0.15, 0.2) is 27.4 Å². The fourth-order valence-corrected chi connectivity index (χ4v) is 1.78. The normalized spacial score (nSPS) is 11.1. The summed E-state index contributed by atoms with van der Waals surface area (Å²) in [5, 5.41) is 3.12. The third-order valence-corrected chi connectivity index (χ3v) is 2.63. The molecule has 0 saturated heterocycles. The Hall–Kier alpha value is -1.55. The first-order chi connectivity index (χ1) is 7.79. The molecule has 0 spiro atoms. The van der Waals surface area contributed by atoms with Gasteiger partial charge >= 0.3 is 5.76 Å². The van der Waals surface area contributed by atoms with Crippen LogP contribution in [0.3, 0.4) is 0 Å². The van der Waals surface area contributed by atoms with Crippen LogP contribution in [0.4, 0.5) is 0 Å². The number of aryl methyl sites for hydroxylation is 1. The van der Waals surface area contributed by atoms with Gasteiger partial charge in [-0.2, -0.15) is 0 Å². The van der Waals surface area contributed by atoms with Crippen LogP contribution in [0.1, 0.15) is 18.4 Å². The molecule has 0 saturated carbocycles. The van der Waals surface area contributed by atoms with Gasteiger partial charge in [0.05, 0.1) is 5.52 Å². The van der Waals surface area contributed by atoms with Gasteiger partial charge in [0.1, 0.15) is 0 Å². The van der Waals surface area contributed by atoms with E-state index in [1.807, 2.05) is 25.2 Å². The van der Waals surface area contributed by atoms with Crippen LogP contribution in [0.2, 0.25) is 0 Å². The molecule has 0 bridgehead atoms. The lowest BCUT2D eigenvalue weighted by atomic mass is 10.1. The molecule has 86 valence electrons. The first kappa shape index (κ1) is 11.0. The SMILES string of the molecule is CNCCCCc1ccc2[nH]c(=O)oc2c1. The third-order valence-electron chi connectivity index (χ3n) is 2.63. The largest absolute Gasteiger partial charge is 0.417 e. The molecule has 2 rings (SSSR count). The van der Waals surface area contributed by atoms with Gasteiger partial charge in [-0.1, -0.05) is 6.07 Å². The van der Waals surface area contributed by atoms with Crippen LogP contribution in [-0.2, 0) is 6.42 Å². The summed E-state index contributed by atoms with van der Waals surface area (Å²) < 4.78 is 5.01. The number of nitrogens with one attached hydrogen (secondary N) is 2. The van der Waals surface area contributed by atoms with Crippen LogP contribution in [0.5, 0.6) is 0 Å². The maximum atomic E-state index is 11.0. The predicted molar refractivity (Wildman–Crippen MR) is 63.7 cm³/mol. The monoisotopic (exact) mass is 220 g/mol. The molecule has 1 aromatic heterocycles. The van der Waals surface area contributed by atoms with Crippen molar-refractivity contribution in [3.8, 4) is 0 Å². The molecule has 0 aliphatic carbocycles. The number of aromatic amines is 1. The van der Waals surface area contributed by atoms with E-state index in [2.05, 4.69) is 10.3 Å². The number of unbranched alkanes of at least 4 members (excludes halogenated alkanes) is 1. The second-order valence-corrected chi connectivity index (χ2v) is 3.91. The molecule has 0 radical (unpaired) electrons. The Morgan fingerprint density at radius 1 is 1.38 bits per heavy atom. The molecule has 4 nitrogen and oxygen atoms in total. The number of aromatic nitrogens is 1. The standard InChI is InChI=1S/C12H16N2O2/c1-13-7-3-2-4-9-5-6-10-11(8-9)16-12(15)14-10/h5-6,8,13H,2-4,7H2,1H3,(H,14,15). The molecule has 0 fully saturated rings. The minimum Gasteiger partial charge on any atom is -0.408 e. The highest BCUT2D eigenvalue weighted by Gasteiger charge is 2.01. The van der Waals surface area contributed by atoms with E-state index in [4.69, 9.17) is 4.42 Å². The lowest BCUT2D eigenvalue weighted by Crippen LogP contribution is -2.07. The molecule has 2 N–H and O–H groups in total. The van der Waals surface area contributed by atoms with Crippen molar-refractivity contribution in [3.63, 3.8) is 0 Å². The van der Waals surface area contributed by atoms with E-state index in [0.29, 0.717) is 5.58 Å². The Kier molecular flexibility index (Phi) is 3.41. The lowest BCUT2D eigenvalue weighted by Gasteiger charge is -2.01. The van der Waals surface area contributed by atoms with Gasteiger partial charge in [0.25, 0.3) is 0 Å². The summed E-state index contributed by atoms with van der Waals surface area (Å²) in [6.45, 7) is 1.04. The molecule has 0 amide bonds. The summed E-state index contributed by atoms with van der Waals surface area (Å²) in [5.74, 6) is -0.387. The van der Waals surface area contributed by atoms with Gasteiger partial charge in [0.2, 0.25) is 0 Å². The number of fused-ring (bicyclic) bond motifs is 1. The number of oxazole rings is 1. The van der Waals surface area contributed by atoms with E-state index in [0.717, 1.165) is 31.3 Å². The smallest absolute Gasteiger partial charge is 0.408 e. The third kappa shape index (κ3) is 2.52. The fourth-order valence-electron chi connectivity index (χ4n) is 1.78. The second kappa shape index (κ2) is 4.99. The highest BCUT2D eigenvalue weighted by molar-refractivity contribution is 5.72. The Morgan fingerprint density at radius 3 is 3.06 bits per heavy atom. The molecule has 16 heavy (non-hydrogen) atoms. The number of rotatable bonds is 5. The minimum atomic E-state index is -0.387. The molecule has 0 atom stereocenters. The van der Waals surface area contributed by atoms with Gasteiger partial charge in [-0.3, -0.25) is 4.98 Å². The van der Waals surface area contributed by atoms with Crippen molar-refractivity contribution in [1.82, 2.24) is 10.3 Å². The zero-order valence-corrected chi connectivity index (χ0v) is 9.38. The van der Waals surface area contributed by atoms with Gasteiger partial charge < -0.3 is 9.73 Å². The molecule has 0 unspecified atom stereocenters. The molecule has 2 aromatic rings. The Morgan fingerprint density at radius 2 is 2.25 bits per heavy atom. The van der Waals surface area contributed by atoms with E-state index in [1.165, 1.54) is 5.56 Å².